The second-order valence-electron chi connectivity index (χ2n) is 2.13. The zero-order chi connectivity index (χ0) is 9.40. The van der Waals surface area contributed by atoms with Crippen molar-refractivity contribution in [3.63, 3.8) is 0 Å². The smallest absolute Gasteiger partial charge is 0.146 e. The quantitative estimate of drug-likeness (QED) is 0.581. The first-order chi connectivity index (χ1) is 5.78. The van der Waals surface area contributed by atoms with Crippen LogP contribution < -0.4 is 0 Å². The largest absolute Gasteiger partial charge is 0.496 e. The fraction of sp³-hybridized carbons (Fsp3) is 0.750. The van der Waals surface area contributed by atoms with Gasteiger partial charge in [-0.05, 0) is 13.0 Å². The van der Waals surface area contributed by atoms with Crippen LogP contribution in [0.5, 0.6) is 0 Å². The molecule has 0 aliphatic rings. The van der Waals surface area contributed by atoms with Crippen molar-refractivity contribution in [2.75, 3.05) is 27.1 Å². The van der Waals surface area contributed by atoms with Crippen LogP contribution in [0.15, 0.2) is 11.8 Å². The minimum Gasteiger partial charge on any atom is -0.496 e. The van der Waals surface area contributed by atoms with Gasteiger partial charge in [0.25, 0.3) is 0 Å². The van der Waals surface area contributed by atoms with Gasteiger partial charge in [-0.1, -0.05) is 0 Å². The minimum atomic E-state index is -0.728. The van der Waals surface area contributed by atoms with Crippen LogP contribution in [0, 0.1) is 0 Å². The molecule has 0 N–H and O–H groups in total. The van der Waals surface area contributed by atoms with Gasteiger partial charge >= 0.3 is 0 Å². The van der Waals surface area contributed by atoms with Crippen LogP contribution in [-0.4, -0.2) is 33.2 Å². The van der Waals surface area contributed by atoms with Gasteiger partial charge in [-0.15, -0.1) is 0 Å². The molecule has 0 fully saturated rings. The highest BCUT2D eigenvalue weighted by molar-refractivity contribution is 4.98. The third-order valence-electron chi connectivity index (χ3n) is 1.29. The molecule has 0 rings (SSSR count). The summed E-state index contributed by atoms with van der Waals surface area (Å²) in [5, 5.41) is 0. The number of ether oxygens (including phenoxy) is 2. The summed E-state index contributed by atoms with van der Waals surface area (Å²) in [5.74, 6) is 0.127. The van der Waals surface area contributed by atoms with Crippen LogP contribution in [0.25, 0.3) is 0 Å². The molecule has 0 aliphatic carbocycles. The van der Waals surface area contributed by atoms with Gasteiger partial charge in [0.2, 0.25) is 0 Å². The molecule has 0 amide bonds. The lowest BCUT2D eigenvalue weighted by atomic mass is 10.3. The van der Waals surface area contributed by atoms with Gasteiger partial charge < -0.3 is 9.47 Å². The van der Waals surface area contributed by atoms with Crippen LogP contribution in [0.1, 0.15) is 6.92 Å². The summed E-state index contributed by atoms with van der Waals surface area (Å²) in [5.41, 5.74) is 0. The van der Waals surface area contributed by atoms with Crippen LogP contribution in [-0.2, 0) is 9.47 Å². The Balaban J connectivity index is 4.03. The van der Waals surface area contributed by atoms with Gasteiger partial charge in [0.05, 0.1) is 6.61 Å². The Bertz CT molecular complexity index is 133. The first kappa shape index (κ1) is 11.4. The summed E-state index contributed by atoms with van der Waals surface area (Å²) in [6, 6.07) is 0. The summed E-state index contributed by atoms with van der Waals surface area (Å²) in [6.07, 6.45) is 0.603. The molecule has 0 bridgehead atoms. The lowest BCUT2D eigenvalue weighted by Gasteiger charge is -2.09. The Morgan fingerprint density at radius 2 is 2.17 bits per heavy atom. The minimum absolute atomic E-state index is 0.127. The Hall–Kier alpha value is -0.640. The molecule has 12 heavy (non-hydrogen) atoms. The van der Waals surface area contributed by atoms with Crippen molar-refractivity contribution in [3.8, 4) is 0 Å². The predicted molar refractivity (Wildman–Crippen MR) is 42.5 cm³/mol. The van der Waals surface area contributed by atoms with Gasteiger partial charge in [-0.2, -0.15) is 0 Å². The second-order valence-corrected chi connectivity index (χ2v) is 2.13. The van der Waals surface area contributed by atoms with Crippen molar-refractivity contribution >= 4 is 0 Å². The molecule has 0 aromatic carbocycles. The van der Waals surface area contributed by atoms with Crippen LogP contribution in [0.3, 0.4) is 0 Å². The number of hydrogen-bond donors (Lipinski definition) is 0. The molecule has 1 unspecified atom stereocenters. The van der Waals surface area contributed by atoms with Crippen molar-refractivity contribution in [1.29, 1.82) is 0 Å². The average Bonchev–Trinajstić information content (AvgIpc) is 2.12. The van der Waals surface area contributed by atoms with E-state index in [0.717, 1.165) is 0 Å². The monoisotopic (exact) mass is 180 g/mol. The first-order valence-electron chi connectivity index (χ1n) is 3.76. The van der Waals surface area contributed by atoms with Gasteiger partial charge in [-0.3, -0.25) is 0 Å². The maximum Gasteiger partial charge on any atom is 0.146 e. The van der Waals surface area contributed by atoms with E-state index in [-0.39, 0.29) is 5.76 Å². The molecule has 4 heteroatoms. The van der Waals surface area contributed by atoms with E-state index >= 15 is 0 Å². The van der Waals surface area contributed by atoms with Crippen LogP contribution >= 0.6 is 0 Å². The van der Waals surface area contributed by atoms with Crippen molar-refractivity contribution in [2.24, 2.45) is 0 Å². The second kappa shape index (κ2) is 7.03. The van der Waals surface area contributed by atoms with Crippen molar-refractivity contribution in [1.82, 2.24) is 0 Å². The van der Waals surface area contributed by atoms with E-state index in [1.807, 2.05) is 0 Å². The van der Waals surface area contributed by atoms with Gasteiger partial charge in [0.15, 0.2) is 0 Å². The zero-order valence-electron chi connectivity index (χ0n) is 7.35. The summed E-state index contributed by atoms with van der Waals surface area (Å²) in [4.78, 5) is 0. The van der Waals surface area contributed by atoms with Crippen LogP contribution in [0.4, 0.5) is 8.78 Å². The molecule has 0 heterocycles. The predicted octanol–water partition coefficient (Wildman–Crippen LogP) is 1.86. The number of methoxy groups -OCH3 is 1. The topological polar surface area (TPSA) is 18.5 Å². The Kier molecular flexibility index (Phi) is 6.66. The van der Waals surface area contributed by atoms with E-state index in [1.54, 1.807) is 6.92 Å². The SMILES string of the molecule is CCOC(=CC(CF)OC)CF. The fourth-order valence-electron chi connectivity index (χ4n) is 0.700. The van der Waals surface area contributed by atoms with E-state index in [2.05, 4.69) is 4.74 Å². The normalized spacial score (nSPS) is 14.5. The van der Waals surface area contributed by atoms with Gasteiger partial charge in [0, 0.05) is 7.11 Å². The highest BCUT2D eigenvalue weighted by atomic mass is 19.1. The number of halogens is 2. The van der Waals surface area contributed by atoms with E-state index in [1.165, 1.54) is 13.2 Å². The maximum absolute atomic E-state index is 12.1. The number of hydrogen-bond acceptors (Lipinski definition) is 2. The standard InChI is InChI=1S/C8H14F2O2/c1-3-12-8(6-10)4-7(5-9)11-2/h4,7H,3,5-6H2,1-2H3. The maximum atomic E-state index is 12.1. The molecular formula is C8H14F2O2. The van der Waals surface area contributed by atoms with Crippen molar-refractivity contribution in [3.05, 3.63) is 11.8 Å². The molecule has 72 valence electrons. The average molecular weight is 180 g/mol. The molecule has 1 atom stereocenters. The van der Waals surface area contributed by atoms with E-state index in [4.69, 9.17) is 4.74 Å². The van der Waals surface area contributed by atoms with E-state index in [0.29, 0.717) is 6.61 Å². The third kappa shape index (κ3) is 4.28. The summed E-state index contributed by atoms with van der Waals surface area (Å²) >= 11 is 0. The third-order valence-corrected chi connectivity index (χ3v) is 1.29. The van der Waals surface area contributed by atoms with Gasteiger partial charge in [0.1, 0.15) is 25.2 Å². The van der Waals surface area contributed by atoms with Crippen LogP contribution in [0.2, 0.25) is 0 Å². The number of allylic oxidation sites excluding steroid dienone is 1. The Labute approximate surface area is 71.2 Å². The van der Waals surface area contributed by atoms with Crippen molar-refractivity contribution < 1.29 is 18.3 Å². The molecule has 2 nitrogen and oxygen atoms in total. The summed E-state index contributed by atoms with van der Waals surface area (Å²) in [7, 11) is 1.36. The highest BCUT2D eigenvalue weighted by Crippen LogP contribution is 2.03. The molecule has 0 aliphatic heterocycles. The number of alkyl halides is 2. The molecular weight excluding hydrogens is 166 g/mol. The Morgan fingerprint density at radius 3 is 2.50 bits per heavy atom. The molecule has 0 spiro atoms. The molecule has 0 saturated heterocycles. The highest BCUT2D eigenvalue weighted by Gasteiger charge is 2.05. The fourth-order valence-corrected chi connectivity index (χ4v) is 0.700. The first-order valence-corrected chi connectivity index (χ1v) is 3.76. The zero-order valence-corrected chi connectivity index (χ0v) is 7.35. The number of rotatable bonds is 6. The summed E-state index contributed by atoms with van der Waals surface area (Å²) in [6.45, 7) is 0.708. The van der Waals surface area contributed by atoms with Gasteiger partial charge in [-0.25, -0.2) is 8.78 Å². The molecule has 0 aromatic rings. The molecule has 0 radical (unpaired) electrons. The van der Waals surface area contributed by atoms with Crippen molar-refractivity contribution in [2.45, 2.75) is 13.0 Å². The lowest BCUT2D eigenvalue weighted by molar-refractivity contribution is 0.108. The van der Waals surface area contributed by atoms with E-state index in [9.17, 15) is 8.78 Å². The molecule has 0 saturated carbocycles. The molecule has 0 aromatic heterocycles. The lowest BCUT2D eigenvalue weighted by Crippen LogP contribution is -2.11. The Morgan fingerprint density at radius 1 is 1.50 bits per heavy atom. The van der Waals surface area contributed by atoms with E-state index < -0.39 is 19.5 Å². The summed E-state index contributed by atoms with van der Waals surface area (Å²) < 4.78 is 33.7.